The molecular weight excluding hydrogens is 316 g/mol. The van der Waals surface area contributed by atoms with Crippen LogP contribution in [0.2, 0.25) is 0 Å². The maximum atomic E-state index is 12.7. The largest absolute Gasteiger partial charge is 0.354 e. The molecule has 1 saturated heterocycles. The van der Waals surface area contributed by atoms with Crippen molar-refractivity contribution in [3.05, 3.63) is 35.8 Å². The molecule has 1 aliphatic heterocycles. The highest BCUT2D eigenvalue weighted by molar-refractivity contribution is 5.95. The van der Waals surface area contributed by atoms with Crippen molar-refractivity contribution in [1.82, 2.24) is 19.7 Å². The molecular formula is C18H26N6O. The predicted molar refractivity (Wildman–Crippen MR) is 98.8 cm³/mol. The number of nitrogens with one attached hydrogen (secondary N) is 1. The highest BCUT2D eigenvalue weighted by Crippen LogP contribution is 2.20. The Bertz CT molecular complexity index is 734. The SMILES string of the molecule is Cc1nn(C)c(C)c1NC(=O)[C@@H](C)N1CCN(c2ccccn2)CC1. The summed E-state index contributed by atoms with van der Waals surface area (Å²) in [5.74, 6) is 1.02. The molecule has 0 saturated carbocycles. The summed E-state index contributed by atoms with van der Waals surface area (Å²) >= 11 is 0. The molecule has 0 unspecified atom stereocenters. The fourth-order valence-electron chi connectivity index (χ4n) is 3.23. The predicted octanol–water partition coefficient (Wildman–Crippen LogP) is 1.58. The van der Waals surface area contributed by atoms with Gasteiger partial charge in [-0.25, -0.2) is 4.98 Å². The highest BCUT2D eigenvalue weighted by atomic mass is 16.2. The lowest BCUT2D eigenvalue weighted by Crippen LogP contribution is -2.53. The third-order valence-corrected chi connectivity index (χ3v) is 4.97. The minimum absolute atomic E-state index is 0.0190. The third-order valence-electron chi connectivity index (χ3n) is 4.97. The Balaban J connectivity index is 1.58. The molecule has 0 spiro atoms. The molecule has 0 aliphatic carbocycles. The summed E-state index contributed by atoms with van der Waals surface area (Å²) in [4.78, 5) is 21.5. The van der Waals surface area contributed by atoms with E-state index in [-0.39, 0.29) is 11.9 Å². The smallest absolute Gasteiger partial charge is 0.241 e. The van der Waals surface area contributed by atoms with Crippen LogP contribution < -0.4 is 10.2 Å². The average Bonchev–Trinajstić information content (AvgIpc) is 2.88. The first kappa shape index (κ1) is 17.4. The van der Waals surface area contributed by atoms with Gasteiger partial charge in [-0.15, -0.1) is 0 Å². The molecule has 7 heteroatoms. The first-order valence-corrected chi connectivity index (χ1v) is 8.68. The topological polar surface area (TPSA) is 66.3 Å². The van der Waals surface area contributed by atoms with Crippen LogP contribution in [-0.4, -0.2) is 57.8 Å². The number of hydrogen-bond donors (Lipinski definition) is 1. The number of aromatic nitrogens is 3. The van der Waals surface area contributed by atoms with Crippen LogP contribution in [0.1, 0.15) is 18.3 Å². The average molecular weight is 342 g/mol. The van der Waals surface area contributed by atoms with Crippen LogP contribution in [0.15, 0.2) is 24.4 Å². The Morgan fingerprint density at radius 3 is 2.48 bits per heavy atom. The fourth-order valence-corrected chi connectivity index (χ4v) is 3.23. The van der Waals surface area contributed by atoms with E-state index in [0.29, 0.717) is 0 Å². The molecule has 1 amide bonds. The Hall–Kier alpha value is -2.41. The minimum Gasteiger partial charge on any atom is -0.354 e. The van der Waals surface area contributed by atoms with Gasteiger partial charge in [0, 0.05) is 39.4 Å². The van der Waals surface area contributed by atoms with Crippen molar-refractivity contribution in [3.8, 4) is 0 Å². The first-order valence-electron chi connectivity index (χ1n) is 8.68. The van der Waals surface area contributed by atoms with Crippen LogP contribution in [0.25, 0.3) is 0 Å². The highest BCUT2D eigenvalue weighted by Gasteiger charge is 2.27. The maximum Gasteiger partial charge on any atom is 0.241 e. The molecule has 3 heterocycles. The van der Waals surface area contributed by atoms with Gasteiger partial charge in [0.25, 0.3) is 0 Å². The standard InChI is InChI=1S/C18H26N6O/c1-13-17(14(2)22(4)21-13)20-18(25)15(3)23-9-11-24(12-10-23)16-7-5-6-8-19-16/h5-8,15H,9-12H2,1-4H3,(H,20,25)/t15-/m1/s1. The molecule has 0 bridgehead atoms. The number of pyridine rings is 1. The van der Waals surface area contributed by atoms with Crippen LogP contribution in [0.3, 0.4) is 0 Å². The molecule has 7 nitrogen and oxygen atoms in total. The van der Waals surface area contributed by atoms with E-state index < -0.39 is 0 Å². The second-order valence-corrected chi connectivity index (χ2v) is 6.55. The van der Waals surface area contributed by atoms with E-state index in [1.54, 1.807) is 4.68 Å². The van der Waals surface area contributed by atoms with Gasteiger partial charge < -0.3 is 10.2 Å². The summed E-state index contributed by atoms with van der Waals surface area (Å²) in [5, 5.41) is 7.40. The van der Waals surface area contributed by atoms with Crippen LogP contribution in [0, 0.1) is 13.8 Å². The van der Waals surface area contributed by atoms with Crippen molar-refractivity contribution >= 4 is 17.4 Å². The van der Waals surface area contributed by atoms with E-state index in [4.69, 9.17) is 0 Å². The zero-order valence-electron chi connectivity index (χ0n) is 15.4. The summed E-state index contributed by atoms with van der Waals surface area (Å²) in [6, 6.07) is 5.78. The monoisotopic (exact) mass is 342 g/mol. The molecule has 134 valence electrons. The number of piperazine rings is 1. The Labute approximate surface area is 148 Å². The van der Waals surface area contributed by atoms with Gasteiger partial charge in [-0.1, -0.05) is 6.07 Å². The summed E-state index contributed by atoms with van der Waals surface area (Å²) in [6.45, 7) is 9.28. The zero-order valence-corrected chi connectivity index (χ0v) is 15.4. The molecule has 0 radical (unpaired) electrons. The maximum absolute atomic E-state index is 12.7. The van der Waals surface area contributed by atoms with Crippen molar-refractivity contribution in [2.24, 2.45) is 7.05 Å². The molecule has 2 aromatic rings. The van der Waals surface area contributed by atoms with Crippen molar-refractivity contribution in [2.45, 2.75) is 26.8 Å². The molecule has 0 aromatic carbocycles. The van der Waals surface area contributed by atoms with E-state index in [1.165, 1.54) is 0 Å². The second-order valence-electron chi connectivity index (χ2n) is 6.55. The molecule has 3 rings (SSSR count). The van der Waals surface area contributed by atoms with Crippen LogP contribution in [-0.2, 0) is 11.8 Å². The molecule has 2 aromatic heterocycles. The number of carbonyl (C=O) groups is 1. The third kappa shape index (κ3) is 3.66. The van der Waals surface area contributed by atoms with Crippen molar-refractivity contribution < 1.29 is 4.79 Å². The summed E-state index contributed by atoms with van der Waals surface area (Å²) in [7, 11) is 1.89. The van der Waals surface area contributed by atoms with Gasteiger partial charge >= 0.3 is 0 Å². The van der Waals surface area contributed by atoms with Crippen molar-refractivity contribution in [2.75, 3.05) is 36.4 Å². The lowest BCUT2D eigenvalue weighted by Gasteiger charge is -2.37. The van der Waals surface area contributed by atoms with Crippen LogP contribution in [0.4, 0.5) is 11.5 Å². The Kier molecular flexibility index (Phi) is 5.03. The molecule has 25 heavy (non-hydrogen) atoms. The van der Waals surface area contributed by atoms with Crippen molar-refractivity contribution in [1.29, 1.82) is 0 Å². The van der Waals surface area contributed by atoms with Gasteiger partial charge in [0.05, 0.1) is 23.1 Å². The lowest BCUT2D eigenvalue weighted by molar-refractivity contribution is -0.120. The lowest BCUT2D eigenvalue weighted by atomic mass is 10.2. The molecule has 1 atom stereocenters. The van der Waals surface area contributed by atoms with Crippen LogP contribution >= 0.6 is 0 Å². The zero-order chi connectivity index (χ0) is 18.0. The number of amides is 1. The van der Waals surface area contributed by atoms with E-state index >= 15 is 0 Å². The van der Waals surface area contributed by atoms with E-state index in [2.05, 4.69) is 25.2 Å². The quantitative estimate of drug-likeness (QED) is 0.914. The molecule has 1 fully saturated rings. The first-order chi connectivity index (χ1) is 12.0. The molecule has 1 N–H and O–H groups in total. The van der Waals surface area contributed by atoms with Crippen molar-refractivity contribution in [3.63, 3.8) is 0 Å². The van der Waals surface area contributed by atoms with Gasteiger partial charge in [0.1, 0.15) is 5.82 Å². The van der Waals surface area contributed by atoms with E-state index in [0.717, 1.165) is 49.1 Å². The summed E-state index contributed by atoms with van der Waals surface area (Å²) in [5.41, 5.74) is 2.64. The van der Waals surface area contributed by atoms with Gasteiger partial charge in [0.2, 0.25) is 5.91 Å². The number of aryl methyl sites for hydroxylation is 2. The minimum atomic E-state index is -0.176. The van der Waals surface area contributed by atoms with Gasteiger partial charge in [-0.05, 0) is 32.9 Å². The molecule has 1 aliphatic rings. The Morgan fingerprint density at radius 2 is 1.92 bits per heavy atom. The van der Waals surface area contributed by atoms with E-state index in [1.807, 2.05) is 52.2 Å². The van der Waals surface area contributed by atoms with Gasteiger partial charge in [-0.2, -0.15) is 5.10 Å². The number of anilines is 2. The van der Waals surface area contributed by atoms with E-state index in [9.17, 15) is 4.79 Å². The van der Waals surface area contributed by atoms with Crippen LogP contribution in [0.5, 0.6) is 0 Å². The number of carbonyl (C=O) groups excluding carboxylic acids is 1. The Morgan fingerprint density at radius 1 is 1.20 bits per heavy atom. The number of nitrogens with zero attached hydrogens (tertiary/aromatic N) is 5. The van der Waals surface area contributed by atoms with Gasteiger partial charge in [-0.3, -0.25) is 14.4 Å². The van der Waals surface area contributed by atoms with Gasteiger partial charge in [0.15, 0.2) is 0 Å². The number of rotatable bonds is 4. The fraction of sp³-hybridized carbons (Fsp3) is 0.500. The number of hydrogen-bond acceptors (Lipinski definition) is 5. The summed E-state index contributed by atoms with van der Waals surface area (Å²) in [6.07, 6.45) is 1.82. The normalized spacial score (nSPS) is 16.7. The second kappa shape index (κ2) is 7.23. The summed E-state index contributed by atoms with van der Waals surface area (Å²) < 4.78 is 1.79.